The monoisotopic (exact) mass is 425 g/mol. The molecule has 0 saturated carbocycles. The van der Waals surface area contributed by atoms with E-state index in [0.29, 0.717) is 35.5 Å². The predicted octanol–water partition coefficient (Wildman–Crippen LogP) is 3.02. The Morgan fingerprint density at radius 2 is 1.26 bits per heavy atom. The van der Waals surface area contributed by atoms with Crippen molar-refractivity contribution in [2.75, 3.05) is 26.3 Å². The molecule has 2 aromatic rings. The minimum atomic E-state index is -1.45. The van der Waals surface area contributed by atoms with Crippen LogP contribution in [-0.2, 0) is 4.74 Å². The van der Waals surface area contributed by atoms with Gasteiger partial charge in [-0.1, -0.05) is 48.5 Å². The molecule has 0 amide bonds. The van der Waals surface area contributed by atoms with Crippen LogP contribution in [0.4, 0.5) is 0 Å². The molecular formula is C25H31NO5. The number of hydrogen-bond donors (Lipinski definition) is 2. The first-order valence-electron chi connectivity index (χ1n) is 10.5. The van der Waals surface area contributed by atoms with E-state index >= 15 is 0 Å². The molecule has 0 spiro atoms. The predicted molar refractivity (Wildman–Crippen MR) is 118 cm³/mol. The number of nitrogens with zero attached hydrogens (tertiary/aromatic N) is 1. The number of benzene rings is 2. The van der Waals surface area contributed by atoms with Crippen LogP contribution in [0.1, 0.15) is 65.6 Å². The maximum absolute atomic E-state index is 13.1. The smallest absolute Gasteiger partial charge is 0.193 e. The molecule has 31 heavy (non-hydrogen) atoms. The van der Waals surface area contributed by atoms with Crippen molar-refractivity contribution in [1.82, 2.24) is 4.90 Å². The standard InChI is InChI=1S/C25H31NO5/c1-24(2,26-13-15-31-16-14-26)22(28)19-9-5-17(6-10-19)21(27)18-7-11-20(12-8-18)23(29)25(3,4)30/h5-12,21,27,30H,13-16H2,1-4H3. The number of ether oxygens (including phenoxy) is 1. The van der Waals surface area contributed by atoms with Crippen molar-refractivity contribution in [2.24, 2.45) is 0 Å². The highest BCUT2D eigenvalue weighted by atomic mass is 16.5. The number of morpholine rings is 1. The van der Waals surface area contributed by atoms with Crippen molar-refractivity contribution in [3.05, 3.63) is 70.8 Å². The average molecular weight is 426 g/mol. The third-order valence-electron chi connectivity index (χ3n) is 5.89. The van der Waals surface area contributed by atoms with E-state index in [2.05, 4.69) is 4.90 Å². The first-order valence-corrected chi connectivity index (χ1v) is 10.5. The van der Waals surface area contributed by atoms with Crippen LogP contribution in [0, 0.1) is 0 Å². The summed E-state index contributed by atoms with van der Waals surface area (Å²) >= 11 is 0. The summed E-state index contributed by atoms with van der Waals surface area (Å²) in [6.07, 6.45) is -0.886. The number of Topliss-reactive ketones (excluding diaryl/α,β-unsaturated/α-hetero) is 2. The van der Waals surface area contributed by atoms with E-state index in [1.807, 2.05) is 13.8 Å². The molecule has 2 N–H and O–H groups in total. The van der Waals surface area contributed by atoms with E-state index in [1.165, 1.54) is 13.8 Å². The van der Waals surface area contributed by atoms with Gasteiger partial charge in [0.05, 0.1) is 18.8 Å². The zero-order valence-corrected chi connectivity index (χ0v) is 18.6. The summed E-state index contributed by atoms with van der Waals surface area (Å²) in [6, 6.07) is 13.5. The first-order chi connectivity index (χ1) is 14.5. The van der Waals surface area contributed by atoms with Crippen LogP contribution < -0.4 is 0 Å². The SMILES string of the molecule is CC(C)(O)C(=O)c1ccc(C(O)c2ccc(C(=O)C(C)(C)N3CCOCC3)cc2)cc1. The van der Waals surface area contributed by atoms with Gasteiger partial charge in [0.15, 0.2) is 11.6 Å². The lowest BCUT2D eigenvalue weighted by Gasteiger charge is -2.39. The summed E-state index contributed by atoms with van der Waals surface area (Å²) in [5.41, 5.74) is 0.181. The number of hydrogen-bond acceptors (Lipinski definition) is 6. The molecule has 6 heteroatoms. The van der Waals surface area contributed by atoms with E-state index in [1.54, 1.807) is 48.5 Å². The Morgan fingerprint density at radius 1 is 0.839 bits per heavy atom. The summed E-state index contributed by atoms with van der Waals surface area (Å²) in [7, 11) is 0. The van der Waals surface area contributed by atoms with E-state index in [0.717, 1.165) is 13.1 Å². The van der Waals surface area contributed by atoms with Gasteiger partial charge in [0.1, 0.15) is 11.7 Å². The number of aliphatic hydroxyl groups excluding tert-OH is 1. The molecule has 0 bridgehead atoms. The molecule has 1 saturated heterocycles. The Kier molecular flexibility index (Phi) is 6.76. The topological polar surface area (TPSA) is 87.1 Å². The van der Waals surface area contributed by atoms with Crippen LogP contribution in [0.25, 0.3) is 0 Å². The molecule has 1 fully saturated rings. The first kappa shape index (κ1) is 23.3. The van der Waals surface area contributed by atoms with Crippen molar-refractivity contribution < 1.29 is 24.5 Å². The molecule has 1 aliphatic rings. The highest BCUT2D eigenvalue weighted by Gasteiger charge is 2.36. The summed E-state index contributed by atoms with van der Waals surface area (Å²) in [4.78, 5) is 27.4. The summed E-state index contributed by atoms with van der Waals surface area (Å²) in [5.74, 6) is -0.343. The lowest BCUT2D eigenvalue weighted by molar-refractivity contribution is -0.00430. The van der Waals surface area contributed by atoms with Crippen LogP contribution in [0.3, 0.4) is 0 Å². The Balaban J connectivity index is 1.73. The number of rotatable bonds is 7. The van der Waals surface area contributed by atoms with Gasteiger partial charge >= 0.3 is 0 Å². The highest BCUT2D eigenvalue weighted by molar-refractivity contribution is 6.03. The van der Waals surface area contributed by atoms with Gasteiger partial charge in [0.2, 0.25) is 0 Å². The van der Waals surface area contributed by atoms with Crippen LogP contribution in [-0.4, -0.2) is 64.1 Å². The lowest BCUT2D eigenvalue weighted by Crippen LogP contribution is -2.54. The number of aliphatic hydroxyl groups is 2. The molecule has 1 aliphatic heterocycles. The molecule has 3 rings (SSSR count). The second-order valence-electron chi connectivity index (χ2n) is 9.02. The van der Waals surface area contributed by atoms with Crippen molar-refractivity contribution in [1.29, 1.82) is 0 Å². The molecule has 1 heterocycles. The second kappa shape index (κ2) is 9.01. The minimum Gasteiger partial charge on any atom is -0.384 e. The number of ketones is 2. The zero-order chi connectivity index (χ0) is 22.8. The van der Waals surface area contributed by atoms with Crippen molar-refractivity contribution in [3.8, 4) is 0 Å². The van der Waals surface area contributed by atoms with Gasteiger partial charge in [-0.2, -0.15) is 0 Å². The van der Waals surface area contributed by atoms with Crippen LogP contribution in [0.5, 0.6) is 0 Å². The quantitative estimate of drug-likeness (QED) is 0.663. The Bertz CT molecular complexity index is 920. The van der Waals surface area contributed by atoms with Gasteiger partial charge in [0, 0.05) is 24.2 Å². The van der Waals surface area contributed by atoms with E-state index in [9.17, 15) is 19.8 Å². The third kappa shape index (κ3) is 5.10. The summed E-state index contributed by atoms with van der Waals surface area (Å²) < 4.78 is 5.39. The van der Waals surface area contributed by atoms with E-state index < -0.39 is 17.2 Å². The molecule has 0 aliphatic carbocycles. The Hall–Kier alpha value is -2.38. The lowest BCUT2D eigenvalue weighted by atomic mass is 9.89. The maximum Gasteiger partial charge on any atom is 0.193 e. The van der Waals surface area contributed by atoms with Crippen LogP contribution in [0.2, 0.25) is 0 Å². The fourth-order valence-corrected chi connectivity index (χ4v) is 3.80. The van der Waals surface area contributed by atoms with Gasteiger partial charge in [0.25, 0.3) is 0 Å². The summed E-state index contributed by atoms with van der Waals surface area (Å²) in [5, 5.41) is 20.6. The molecule has 0 aromatic heterocycles. The Labute approximate surface area is 183 Å². The molecule has 2 aromatic carbocycles. The van der Waals surface area contributed by atoms with Gasteiger partial charge < -0.3 is 14.9 Å². The van der Waals surface area contributed by atoms with Crippen molar-refractivity contribution >= 4 is 11.6 Å². The van der Waals surface area contributed by atoms with Gasteiger partial charge in [-0.05, 0) is 38.8 Å². The van der Waals surface area contributed by atoms with Crippen molar-refractivity contribution in [3.63, 3.8) is 0 Å². The number of carbonyl (C=O) groups excluding carboxylic acids is 2. The van der Waals surface area contributed by atoms with Gasteiger partial charge in [-0.3, -0.25) is 14.5 Å². The fraction of sp³-hybridized carbons (Fsp3) is 0.440. The Morgan fingerprint density at radius 3 is 1.68 bits per heavy atom. The normalized spacial score (nSPS) is 16.7. The second-order valence-corrected chi connectivity index (χ2v) is 9.02. The fourth-order valence-electron chi connectivity index (χ4n) is 3.80. The maximum atomic E-state index is 13.1. The van der Waals surface area contributed by atoms with E-state index in [-0.39, 0.29) is 11.6 Å². The molecule has 166 valence electrons. The largest absolute Gasteiger partial charge is 0.384 e. The minimum absolute atomic E-state index is 0.0323. The van der Waals surface area contributed by atoms with Gasteiger partial charge in [-0.15, -0.1) is 0 Å². The number of carbonyl (C=O) groups is 2. The molecule has 1 unspecified atom stereocenters. The average Bonchev–Trinajstić information content (AvgIpc) is 2.77. The van der Waals surface area contributed by atoms with Gasteiger partial charge in [-0.25, -0.2) is 0 Å². The van der Waals surface area contributed by atoms with E-state index in [4.69, 9.17) is 4.74 Å². The third-order valence-corrected chi connectivity index (χ3v) is 5.89. The summed E-state index contributed by atoms with van der Waals surface area (Å²) in [6.45, 7) is 9.45. The molecule has 6 nitrogen and oxygen atoms in total. The van der Waals surface area contributed by atoms with Crippen molar-refractivity contribution in [2.45, 2.75) is 44.9 Å². The highest BCUT2D eigenvalue weighted by Crippen LogP contribution is 2.26. The molecular weight excluding hydrogens is 394 g/mol. The zero-order valence-electron chi connectivity index (χ0n) is 18.6. The van der Waals surface area contributed by atoms with Crippen LogP contribution in [0.15, 0.2) is 48.5 Å². The molecule has 0 radical (unpaired) electrons. The van der Waals surface area contributed by atoms with Crippen LogP contribution >= 0.6 is 0 Å². The molecule has 1 atom stereocenters.